The number of hydrogen-bond donors (Lipinski definition) is 6. The van der Waals surface area contributed by atoms with Crippen LogP contribution in [0.25, 0.3) is 21.5 Å². The maximum atomic E-state index is 13.1. The molecule has 5 rings (SSSR count). The summed E-state index contributed by atoms with van der Waals surface area (Å²) in [7, 11) is -20.4. The van der Waals surface area contributed by atoms with Crippen LogP contribution in [0.3, 0.4) is 0 Å². The highest BCUT2D eigenvalue weighted by atomic mass is 32.2. The van der Waals surface area contributed by atoms with Crippen LogP contribution in [-0.4, -0.2) is 57.7 Å². The number of nitrogens with zero attached hydrogens (tertiary/aromatic N) is 2. The van der Waals surface area contributed by atoms with Crippen LogP contribution in [0.15, 0.2) is 101 Å². The number of benzene rings is 5. The molecule has 5 aromatic rings. The summed E-state index contributed by atoms with van der Waals surface area (Å²) in [5.74, 6) is -1.47. The molecular weight excluding hydrogens is 795 g/mol. The monoisotopic (exact) mass is 819 g/mol. The van der Waals surface area contributed by atoms with Gasteiger partial charge in [0.25, 0.3) is 30.4 Å². The van der Waals surface area contributed by atoms with Crippen molar-refractivity contribution in [2.75, 3.05) is 5.73 Å². The summed E-state index contributed by atoms with van der Waals surface area (Å²) in [5, 5.41) is 28.1. The smallest absolute Gasteiger partial charge is 0.339 e. The van der Waals surface area contributed by atoms with Gasteiger partial charge in [-0.2, -0.15) is 33.7 Å². The van der Waals surface area contributed by atoms with Crippen LogP contribution >= 0.6 is 12.0 Å². The Kier molecular flexibility index (Phi) is 11.2. The molecule has 19 nitrogen and oxygen atoms in total. The molecule has 24 heteroatoms. The number of rotatable bonds is 11. The molecule has 0 radical (unpaired) electrons. The van der Waals surface area contributed by atoms with E-state index in [2.05, 4.69) is 19.6 Å². The number of nitrogen functional groups attached to an aromatic ring is 1. The number of phenolic OH excluding ortho intramolecular Hbond substituents is 1. The predicted molar refractivity (Wildman–Crippen MR) is 184 cm³/mol. The van der Waals surface area contributed by atoms with E-state index in [0.29, 0.717) is 35.8 Å². The van der Waals surface area contributed by atoms with E-state index in [-0.39, 0.29) is 22.6 Å². The van der Waals surface area contributed by atoms with Crippen LogP contribution < -0.4 is 9.92 Å². The third kappa shape index (κ3) is 8.26. The van der Waals surface area contributed by atoms with Gasteiger partial charge in [-0.05, 0) is 55.5 Å². The molecule has 0 aliphatic rings. The van der Waals surface area contributed by atoms with Crippen molar-refractivity contribution < 1.29 is 71.2 Å². The average molecular weight is 820 g/mol. The zero-order valence-corrected chi connectivity index (χ0v) is 29.2. The van der Waals surface area contributed by atoms with Gasteiger partial charge in [-0.3, -0.25) is 13.7 Å². The molecule has 0 heterocycles. The van der Waals surface area contributed by atoms with Crippen LogP contribution in [0.5, 0.6) is 11.5 Å². The van der Waals surface area contributed by atoms with Crippen LogP contribution in [0.2, 0.25) is 0 Å². The minimum absolute atomic E-state index is 0. The number of aromatic hydroxyl groups is 1. The molecule has 0 saturated carbocycles. The van der Waals surface area contributed by atoms with Crippen molar-refractivity contribution >= 4 is 91.1 Å². The first kappa shape index (κ1) is 40.3. The molecule has 52 heavy (non-hydrogen) atoms. The van der Waals surface area contributed by atoms with E-state index >= 15 is 0 Å². The second kappa shape index (κ2) is 14.5. The topological polar surface area (TPSA) is 316 Å². The standard InChI is InChI=1S/C27H21N3O16S5.CH4/c1-13-2-4-15(5-3-13)51(42,43)44-23-11-16(48(33,34)35)10-18-17(23)6-7-20(27(18)50(39,40)41)29-30-21-12-24(49(36,37)38)19-8-14(47-46-45-32)9-22(31)25(19)26(21)28;/h2-12,31-32H,28H2,1H3,(H,33,34,35)(H,36,37,38)(H,39,40,41);1H4. The zero-order valence-electron chi connectivity index (χ0n) is 25.1. The van der Waals surface area contributed by atoms with Crippen molar-refractivity contribution in [1.82, 2.24) is 0 Å². The fourth-order valence-corrected chi connectivity index (χ4v) is 8.19. The molecule has 0 atom stereocenters. The number of anilines is 1. The van der Waals surface area contributed by atoms with Crippen molar-refractivity contribution in [3.8, 4) is 11.5 Å². The molecule has 0 fully saturated rings. The van der Waals surface area contributed by atoms with E-state index in [1.54, 1.807) is 6.92 Å². The van der Waals surface area contributed by atoms with E-state index in [0.717, 1.165) is 24.3 Å². The SMILES string of the molecule is C.Cc1ccc(S(=O)(=O)Oc2cc(S(=O)(=O)O)cc3c(S(=O)(=O)O)c(N=Nc4cc(S(=O)(=O)O)c5cc(SOOO)cc(O)c5c4N)ccc23)cc1. The second-order valence-electron chi connectivity index (χ2n) is 10.3. The maximum absolute atomic E-state index is 13.1. The molecule has 0 bridgehead atoms. The highest BCUT2D eigenvalue weighted by molar-refractivity contribution is 7.94. The average Bonchev–Trinajstić information content (AvgIpc) is 3.01. The fraction of sp³-hybridized carbons (Fsp3) is 0.0714. The number of fused-ring (bicyclic) bond motifs is 2. The number of nitrogens with two attached hydrogens (primary N) is 1. The minimum Gasteiger partial charge on any atom is -0.507 e. The van der Waals surface area contributed by atoms with Gasteiger partial charge in [-0.1, -0.05) is 30.2 Å². The summed E-state index contributed by atoms with van der Waals surface area (Å²) in [6, 6.07) is 11.1. The summed E-state index contributed by atoms with van der Waals surface area (Å²) in [6.45, 7) is 1.68. The summed E-state index contributed by atoms with van der Waals surface area (Å²) in [6.07, 6.45) is 0. The molecule has 0 spiro atoms. The first-order valence-corrected chi connectivity index (χ1v) is 19.8. The highest BCUT2D eigenvalue weighted by Crippen LogP contribution is 2.45. The number of aryl methyl sites for hydroxylation is 1. The first-order valence-electron chi connectivity index (χ1n) is 13.3. The van der Waals surface area contributed by atoms with Gasteiger partial charge < -0.3 is 15.0 Å². The molecule has 0 amide bonds. The minimum atomic E-state index is -5.42. The molecule has 0 aliphatic heterocycles. The molecule has 0 unspecified atom stereocenters. The normalized spacial score (nSPS) is 12.7. The van der Waals surface area contributed by atoms with Gasteiger partial charge in [0.15, 0.2) is 5.75 Å². The van der Waals surface area contributed by atoms with Crippen LogP contribution in [0, 0.1) is 6.92 Å². The summed E-state index contributed by atoms with van der Waals surface area (Å²) in [4.78, 5) is -3.52. The number of hydrogen-bond acceptors (Lipinski definition) is 17. The third-order valence-electron chi connectivity index (χ3n) is 6.94. The molecule has 0 aliphatic carbocycles. The summed E-state index contributed by atoms with van der Waals surface area (Å²) >= 11 is 0.329. The van der Waals surface area contributed by atoms with E-state index in [1.807, 2.05) is 0 Å². The van der Waals surface area contributed by atoms with Gasteiger partial charge in [0.2, 0.25) is 0 Å². The summed E-state index contributed by atoms with van der Waals surface area (Å²) in [5.41, 5.74) is 5.03. The van der Waals surface area contributed by atoms with Crippen LogP contribution in [-0.2, 0) is 49.8 Å². The largest absolute Gasteiger partial charge is 0.507 e. The Morgan fingerprint density at radius 1 is 0.712 bits per heavy atom. The van der Waals surface area contributed by atoms with Crippen molar-refractivity contribution in [2.45, 2.75) is 38.8 Å². The number of azo groups is 1. The van der Waals surface area contributed by atoms with Crippen molar-refractivity contribution in [1.29, 1.82) is 0 Å². The molecule has 0 aromatic heterocycles. The van der Waals surface area contributed by atoms with E-state index in [1.165, 1.54) is 24.3 Å². The lowest BCUT2D eigenvalue weighted by Crippen LogP contribution is -2.11. The molecule has 278 valence electrons. The van der Waals surface area contributed by atoms with E-state index < -0.39 is 99.9 Å². The van der Waals surface area contributed by atoms with Gasteiger partial charge >= 0.3 is 10.1 Å². The second-order valence-corrected chi connectivity index (χ2v) is 16.8. The van der Waals surface area contributed by atoms with Crippen molar-refractivity contribution in [3.05, 3.63) is 72.3 Å². The lowest BCUT2D eigenvalue weighted by molar-refractivity contribution is -0.432. The third-order valence-corrected chi connectivity index (χ3v) is 11.4. The molecule has 0 saturated heterocycles. The Hall–Kier alpha value is -4.47. The molecule has 5 aromatic carbocycles. The Morgan fingerprint density at radius 3 is 1.92 bits per heavy atom. The maximum Gasteiger partial charge on any atom is 0.339 e. The van der Waals surface area contributed by atoms with Crippen LogP contribution in [0.4, 0.5) is 17.1 Å². The van der Waals surface area contributed by atoms with Crippen molar-refractivity contribution in [2.24, 2.45) is 10.2 Å². The van der Waals surface area contributed by atoms with Gasteiger partial charge in [0.05, 0.1) is 28.0 Å². The lowest BCUT2D eigenvalue weighted by atomic mass is 10.1. The Labute approximate surface area is 299 Å². The van der Waals surface area contributed by atoms with Gasteiger partial charge in [-0.15, -0.1) is 14.6 Å². The first-order chi connectivity index (χ1) is 23.6. The van der Waals surface area contributed by atoms with Gasteiger partial charge in [0, 0.05) is 27.1 Å². The van der Waals surface area contributed by atoms with E-state index in [9.17, 15) is 52.4 Å². The fourth-order valence-electron chi connectivity index (χ4n) is 4.77. The molecule has 7 N–H and O–H groups in total. The Bertz CT molecular complexity index is 2720. The Balaban J connectivity index is 0.00000605. The highest BCUT2D eigenvalue weighted by Gasteiger charge is 2.28. The quantitative estimate of drug-likeness (QED) is 0.0180. The van der Waals surface area contributed by atoms with Crippen LogP contribution in [0.1, 0.15) is 13.0 Å². The predicted octanol–water partition coefficient (Wildman–Crippen LogP) is 5.58. The van der Waals surface area contributed by atoms with Crippen molar-refractivity contribution in [3.63, 3.8) is 0 Å². The molecular formula is C28H25N3O16S5. The zero-order chi connectivity index (χ0) is 37.7. The van der Waals surface area contributed by atoms with Gasteiger partial charge in [-0.25, -0.2) is 5.26 Å². The Morgan fingerprint density at radius 2 is 1.35 bits per heavy atom. The number of phenols is 1. The summed E-state index contributed by atoms with van der Waals surface area (Å²) < 4.78 is 140. The van der Waals surface area contributed by atoms with E-state index in [4.69, 9.17) is 15.2 Å². The lowest BCUT2D eigenvalue weighted by Gasteiger charge is -2.14. The van der Waals surface area contributed by atoms with Gasteiger partial charge in [0.1, 0.15) is 31.8 Å².